The number of aryl methyl sites for hydroxylation is 2. The number of piperazine rings is 1. The molecule has 0 bridgehead atoms. The van der Waals surface area contributed by atoms with E-state index in [1.54, 1.807) is 4.90 Å². The first kappa shape index (κ1) is 26.4. The van der Waals surface area contributed by atoms with Gasteiger partial charge < -0.3 is 18.8 Å². The maximum absolute atomic E-state index is 13.5. The highest BCUT2D eigenvalue weighted by atomic mass is 28.4. The number of hydrogen-bond acceptors (Lipinski definition) is 4. The van der Waals surface area contributed by atoms with Crippen LogP contribution in [0.4, 0.5) is 0 Å². The Morgan fingerprint density at radius 1 is 1.05 bits per heavy atom. The van der Waals surface area contributed by atoms with Crippen LogP contribution in [0.5, 0.6) is 0 Å². The minimum atomic E-state index is -1.78. The Balaban J connectivity index is 1.21. The van der Waals surface area contributed by atoms with E-state index in [9.17, 15) is 9.59 Å². The van der Waals surface area contributed by atoms with Crippen LogP contribution < -0.4 is 0 Å². The second kappa shape index (κ2) is 9.52. The molecule has 1 aromatic carbocycles. The Hall–Kier alpha value is -2.19. The van der Waals surface area contributed by atoms with Gasteiger partial charge in [-0.25, -0.2) is 4.98 Å². The number of carbonyl (C=O) groups is 2. The van der Waals surface area contributed by atoms with Crippen LogP contribution in [0.1, 0.15) is 87.0 Å². The normalized spacial score (nSPS) is 23.7. The number of carbonyl (C=O) groups excluding carboxylic acids is 2. The molecule has 2 heterocycles. The first-order valence-electron chi connectivity index (χ1n) is 14.1. The molecule has 7 nitrogen and oxygen atoms in total. The molecule has 0 spiro atoms. The molecule has 0 radical (unpaired) electrons. The van der Waals surface area contributed by atoms with Crippen molar-refractivity contribution in [1.82, 2.24) is 19.4 Å². The minimum absolute atomic E-state index is 0.0549. The van der Waals surface area contributed by atoms with Gasteiger partial charge in [0, 0.05) is 32.3 Å². The summed E-state index contributed by atoms with van der Waals surface area (Å²) in [5.74, 6) is 0.983. The third-order valence-corrected chi connectivity index (χ3v) is 13.9. The zero-order valence-corrected chi connectivity index (χ0v) is 24.8. The van der Waals surface area contributed by atoms with Gasteiger partial charge in [-0.1, -0.05) is 26.8 Å². The summed E-state index contributed by atoms with van der Waals surface area (Å²) in [4.78, 5) is 35.1. The molecule has 1 saturated heterocycles. The fraction of sp³-hybridized carbons (Fsp3) is 0.690. The Kier molecular flexibility index (Phi) is 6.80. The predicted molar refractivity (Wildman–Crippen MR) is 149 cm³/mol. The van der Waals surface area contributed by atoms with Crippen LogP contribution >= 0.6 is 0 Å². The lowest BCUT2D eigenvalue weighted by Gasteiger charge is -2.44. The van der Waals surface area contributed by atoms with Gasteiger partial charge in [-0.2, -0.15) is 0 Å². The third-order valence-electron chi connectivity index (χ3n) is 9.34. The van der Waals surface area contributed by atoms with Crippen molar-refractivity contribution in [3.05, 3.63) is 29.1 Å². The first-order valence-corrected chi connectivity index (χ1v) is 17.0. The summed E-state index contributed by atoms with van der Waals surface area (Å²) in [7, 11) is 0.137. The highest BCUT2D eigenvalue weighted by Gasteiger charge is 2.41. The van der Waals surface area contributed by atoms with E-state index in [1.807, 2.05) is 16.5 Å². The lowest BCUT2D eigenvalue weighted by atomic mass is 9.91. The molecule has 0 N–H and O–H groups in total. The summed E-state index contributed by atoms with van der Waals surface area (Å²) in [6, 6.07) is 4.66. The molecule has 0 unspecified atom stereocenters. The summed E-state index contributed by atoms with van der Waals surface area (Å²) < 4.78 is 8.56. The van der Waals surface area contributed by atoms with Crippen LogP contribution in [-0.4, -0.2) is 71.3 Å². The average molecular weight is 525 g/mol. The summed E-state index contributed by atoms with van der Waals surface area (Å²) >= 11 is 0. The van der Waals surface area contributed by atoms with Crippen molar-refractivity contribution in [1.29, 1.82) is 0 Å². The van der Waals surface area contributed by atoms with E-state index in [-0.39, 0.29) is 29.4 Å². The molecule has 3 aliphatic rings. The molecule has 2 aliphatic carbocycles. The molecule has 5 rings (SSSR count). The second-order valence-corrected chi connectivity index (χ2v) is 17.9. The number of aromatic nitrogens is 2. The van der Waals surface area contributed by atoms with Crippen LogP contribution in [0.15, 0.2) is 12.1 Å². The van der Waals surface area contributed by atoms with Crippen LogP contribution in [0.25, 0.3) is 11.0 Å². The highest BCUT2D eigenvalue weighted by molar-refractivity contribution is 6.74. The van der Waals surface area contributed by atoms with Crippen LogP contribution in [-0.2, 0) is 16.3 Å². The molecule has 37 heavy (non-hydrogen) atoms. The van der Waals surface area contributed by atoms with Crippen molar-refractivity contribution in [2.45, 2.75) is 102 Å². The quantitative estimate of drug-likeness (QED) is 0.493. The van der Waals surface area contributed by atoms with Crippen LogP contribution in [0, 0.1) is 6.92 Å². The molecular weight excluding hydrogens is 480 g/mol. The van der Waals surface area contributed by atoms with Gasteiger partial charge in [-0.15, -0.1) is 0 Å². The van der Waals surface area contributed by atoms with Crippen molar-refractivity contribution >= 4 is 31.2 Å². The number of benzene rings is 1. The Labute approximate surface area is 222 Å². The molecule has 0 atom stereocenters. The van der Waals surface area contributed by atoms with E-state index < -0.39 is 8.32 Å². The van der Waals surface area contributed by atoms with Crippen LogP contribution in [0.3, 0.4) is 0 Å². The molecule has 2 amide bonds. The fourth-order valence-corrected chi connectivity index (χ4v) is 7.21. The van der Waals surface area contributed by atoms with Crippen molar-refractivity contribution < 1.29 is 14.0 Å². The molecule has 1 aliphatic heterocycles. The smallest absolute Gasteiger partial charge is 0.290 e. The topological polar surface area (TPSA) is 67.7 Å². The Morgan fingerprint density at radius 3 is 2.32 bits per heavy atom. The Bertz CT molecular complexity index is 1200. The molecule has 202 valence electrons. The largest absolute Gasteiger partial charge is 0.414 e. The number of imidazole rings is 1. The van der Waals surface area contributed by atoms with Crippen molar-refractivity contribution in [2.75, 3.05) is 19.6 Å². The first-order chi connectivity index (χ1) is 17.4. The third kappa shape index (κ3) is 5.11. The van der Waals surface area contributed by atoms with Gasteiger partial charge >= 0.3 is 0 Å². The van der Waals surface area contributed by atoms with E-state index in [4.69, 9.17) is 9.41 Å². The van der Waals surface area contributed by atoms with Gasteiger partial charge in [0.05, 0.1) is 11.0 Å². The van der Waals surface area contributed by atoms with E-state index in [0.717, 1.165) is 42.3 Å². The van der Waals surface area contributed by atoms with E-state index >= 15 is 0 Å². The van der Waals surface area contributed by atoms with Gasteiger partial charge in [-0.3, -0.25) is 9.59 Å². The maximum atomic E-state index is 13.5. The summed E-state index contributed by atoms with van der Waals surface area (Å²) in [6.45, 7) is 14.8. The zero-order chi connectivity index (χ0) is 26.7. The Morgan fingerprint density at radius 2 is 1.73 bits per heavy atom. The van der Waals surface area contributed by atoms with Crippen LogP contribution in [0.2, 0.25) is 18.1 Å². The average Bonchev–Trinajstić information content (AvgIpc) is 3.62. The monoisotopic (exact) mass is 524 g/mol. The number of nitrogens with zero attached hydrogens (tertiary/aromatic N) is 4. The summed E-state index contributed by atoms with van der Waals surface area (Å²) in [6.07, 6.45) is 6.76. The molecule has 8 heteroatoms. The highest BCUT2D eigenvalue weighted by Crippen LogP contribution is 2.42. The lowest BCUT2D eigenvalue weighted by molar-refractivity contribution is -0.138. The fourth-order valence-electron chi connectivity index (χ4n) is 5.78. The molecule has 3 fully saturated rings. The number of hydrogen-bond donors (Lipinski definition) is 0. The summed E-state index contributed by atoms with van der Waals surface area (Å²) in [5, 5.41) is 0.208. The van der Waals surface area contributed by atoms with Gasteiger partial charge in [0.2, 0.25) is 5.91 Å². The standard InChI is InChI=1S/C29H44N4O3Si/c1-19-16-21(20-8-9-20)17-24-26(19)30-27(31(24)5)28(35)32-14-15-33(25(34)18-32)22-10-12-23(13-11-22)36-37(6,7)29(2,3)4/h16-17,20,22-23H,8-15,18H2,1-7H3/t22-,23-. The lowest BCUT2D eigenvalue weighted by Crippen LogP contribution is -2.56. The van der Waals surface area contributed by atoms with Gasteiger partial charge in [0.1, 0.15) is 6.54 Å². The van der Waals surface area contributed by atoms with Gasteiger partial charge in [0.15, 0.2) is 14.1 Å². The summed E-state index contributed by atoms with van der Waals surface area (Å²) in [5.41, 5.74) is 4.35. The van der Waals surface area contributed by atoms with Crippen molar-refractivity contribution in [3.8, 4) is 0 Å². The second-order valence-electron chi connectivity index (χ2n) is 13.1. The van der Waals surface area contributed by atoms with Crippen molar-refractivity contribution in [3.63, 3.8) is 0 Å². The van der Waals surface area contributed by atoms with E-state index in [2.05, 4.69) is 52.9 Å². The zero-order valence-electron chi connectivity index (χ0n) is 23.8. The number of rotatable bonds is 5. The maximum Gasteiger partial charge on any atom is 0.290 e. The van der Waals surface area contributed by atoms with E-state index in [1.165, 1.54) is 18.4 Å². The number of fused-ring (bicyclic) bond motifs is 1. The van der Waals surface area contributed by atoms with Crippen molar-refractivity contribution in [2.24, 2.45) is 7.05 Å². The molecule has 2 aromatic rings. The number of amides is 2. The van der Waals surface area contributed by atoms with Gasteiger partial charge in [0.25, 0.3) is 5.91 Å². The SMILES string of the molecule is Cc1cc(C2CC2)cc2c1nc(C(=O)N1CCN([C@H]3CC[C@H](O[Si](C)(C)C(C)(C)C)CC3)C(=O)C1)n2C. The molecule has 2 saturated carbocycles. The molecule has 1 aromatic heterocycles. The predicted octanol–water partition coefficient (Wildman–Crippen LogP) is 5.38. The minimum Gasteiger partial charge on any atom is -0.414 e. The van der Waals surface area contributed by atoms with Gasteiger partial charge in [-0.05, 0) is 86.7 Å². The van der Waals surface area contributed by atoms with E-state index in [0.29, 0.717) is 30.9 Å². The molecular formula is C29H44N4O3Si.